The SMILES string of the molecule is NC1[CH]CCOC1. The topological polar surface area (TPSA) is 35.2 Å². The summed E-state index contributed by atoms with van der Waals surface area (Å²) in [6.45, 7) is 1.56. The molecular weight excluding hydrogens is 90.1 g/mol. The van der Waals surface area contributed by atoms with E-state index in [1.165, 1.54) is 0 Å². The first-order valence-electron chi connectivity index (χ1n) is 2.56. The average Bonchev–Trinajstić information content (AvgIpc) is 1.69. The van der Waals surface area contributed by atoms with Gasteiger partial charge in [-0.3, -0.25) is 0 Å². The number of rotatable bonds is 0. The summed E-state index contributed by atoms with van der Waals surface area (Å²) < 4.78 is 5.03. The molecule has 0 saturated carbocycles. The average molecular weight is 100 g/mol. The fraction of sp³-hybridized carbons (Fsp3) is 0.800. The summed E-state index contributed by atoms with van der Waals surface area (Å²) in [6, 6.07) is 0.189. The molecule has 0 aromatic heterocycles. The molecule has 41 valence electrons. The maximum absolute atomic E-state index is 5.45. The Bertz CT molecular complexity index is 50.0. The first-order chi connectivity index (χ1) is 3.39. The van der Waals surface area contributed by atoms with Crippen molar-refractivity contribution in [2.45, 2.75) is 12.5 Å². The highest BCUT2D eigenvalue weighted by Crippen LogP contribution is 2.00. The van der Waals surface area contributed by atoms with E-state index < -0.39 is 0 Å². The van der Waals surface area contributed by atoms with E-state index in [0.29, 0.717) is 6.61 Å². The van der Waals surface area contributed by atoms with E-state index in [-0.39, 0.29) is 6.04 Å². The molecule has 2 heteroatoms. The molecule has 0 amide bonds. The summed E-state index contributed by atoms with van der Waals surface area (Å²) in [5.41, 5.74) is 5.45. The van der Waals surface area contributed by atoms with Crippen LogP contribution in [0.15, 0.2) is 0 Å². The van der Waals surface area contributed by atoms with Crippen LogP contribution in [-0.2, 0) is 4.74 Å². The Labute approximate surface area is 43.6 Å². The van der Waals surface area contributed by atoms with E-state index in [9.17, 15) is 0 Å². The van der Waals surface area contributed by atoms with Crippen molar-refractivity contribution in [2.24, 2.45) is 5.73 Å². The third kappa shape index (κ3) is 1.45. The lowest BCUT2D eigenvalue weighted by atomic mass is 10.1. The van der Waals surface area contributed by atoms with Crippen molar-refractivity contribution in [3.63, 3.8) is 0 Å². The van der Waals surface area contributed by atoms with E-state index in [4.69, 9.17) is 10.5 Å². The van der Waals surface area contributed by atoms with Gasteiger partial charge in [0.05, 0.1) is 6.61 Å². The Kier molecular flexibility index (Phi) is 1.65. The molecule has 7 heavy (non-hydrogen) atoms. The predicted octanol–water partition coefficient (Wildman–Crippen LogP) is -0.0617. The van der Waals surface area contributed by atoms with Gasteiger partial charge in [0.1, 0.15) is 0 Å². The maximum atomic E-state index is 5.45. The Balaban J connectivity index is 2.12. The third-order valence-electron chi connectivity index (χ3n) is 1.04. The maximum Gasteiger partial charge on any atom is 0.0620 e. The molecule has 1 aliphatic heterocycles. The molecule has 0 bridgehead atoms. The van der Waals surface area contributed by atoms with Gasteiger partial charge in [0, 0.05) is 12.6 Å². The molecule has 0 aliphatic carbocycles. The van der Waals surface area contributed by atoms with Gasteiger partial charge in [-0.2, -0.15) is 0 Å². The number of hydrogen-bond donors (Lipinski definition) is 1. The van der Waals surface area contributed by atoms with Crippen molar-refractivity contribution < 1.29 is 4.74 Å². The number of ether oxygens (including phenoxy) is 1. The smallest absolute Gasteiger partial charge is 0.0620 e. The van der Waals surface area contributed by atoms with Crippen molar-refractivity contribution in [3.8, 4) is 0 Å². The van der Waals surface area contributed by atoms with Gasteiger partial charge in [-0.15, -0.1) is 0 Å². The summed E-state index contributed by atoms with van der Waals surface area (Å²) in [6.07, 6.45) is 3.10. The minimum atomic E-state index is 0.189. The van der Waals surface area contributed by atoms with Gasteiger partial charge in [0.15, 0.2) is 0 Å². The van der Waals surface area contributed by atoms with Gasteiger partial charge in [-0.05, 0) is 12.8 Å². The molecule has 0 aromatic rings. The second-order valence-corrected chi connectivity index (χ2v) is 1.76. The van der Waals surface area contributed by atoms with Crippen LogP contribution >= 0.6 is 0 Å². The zero-order chi connectivity index (χ0) is 5.11. The summed E-state index contributed by atoms with van der Waals surface area (Å²) in [5, 5.41) is 0. The first-order valence-corrected chi connectivity index (χ1v) is 2.56. The summed E-state index contributed by atoms with van der Waals surface area (Å²) >= 11 is 0. The molecule has 1 atom stereocenters. The van der Waals surface area contributed by atoms with Crippen molar-refractivity contribution in [1.29, 1.82) is 0 Å². The monoisotopic (exact) mass is 100 g/mol. The van der Waals surface area contributed by atoms with Crippen LogP contribution in [-0.4, -0.2) is 19.3 Å². The lowest BCUT2D eigenvalue weighted by Crippen LogP contribution is -2.31. The quantitative estimate of drug-likeness (QED) is 0.462. The van der Waals surface area contributed by atoms with E-state index in [0.717, 1.165) is 13.0 Å². The summed E-state index contributed by atoms with van der Waals surface area (Å²) in [7, 11) is 0. The van der Waals surface area contributed by atoms with Crippen LogP contribution < -0.4 is 5.73 Å². The molecule has 1 radical (unpaired) electrons. The Morgan fingerprint density at radius 3 is 2.86 bits per heavy atom. The molecule has 1 unspecified atom stereocenters. The van der Waals surface area contributed by atoms with Crippen molar-refractivity contribution in [1.82, 2.24) is 0 Å². The van der Waals surface area contributed by atoms with Crippen LogP contribution in [0.3, 0.4) is 0 Å². The van der Waals surface area contributed by atoms with Crippen LogP contribution in [0.2, 0.25) is 0 Å². The van der Waals surface area contributed by atoms with Crippen molar-refractivity contribution in [3.05, 3.63) is 6.42 Å². The lowest BCUT2D eigenvalue weighted by molar-refractivity contribution is 0.105. The van der Waals surface area contributed by atoms with Crippen molar-refractivity contribution >= 4 is 0 Å². The molecule has 1 saturated heterocycles. The Hall–Kier alpha value is -0.0800. The van der Waals surface area contributed by atoms with Crippen LogP contribution in [0, 0.1) is 6.42 Å². The van der Waals surface area contributed by atoms with Crippen LogP contribution in [0.5, 0.6) is 0 Å². The van der Waals surface area contributed by atoms with Gasteiger partial charge in [0.2, 0.25) is 0 Å². The van der Waals surface area contributed by atoms with Crippen LogP contribution in [0.25, 0.3) is 0 Å². The predicted molar refractivity (Wildman–Crippen MR) is 27.7 cm³/mol. The number of nitrogens with two attached hydrogens (primary N) is 1. The molecule has 1 aliphatic rings. The lowest BCUT2D eigenvalue weighted by Gasteiger charge is -2.16. The highest BCUT2D eigenvalue weighted by molar-refractivity contribution is 4.81. The van der Waals surface area contributed by atoms with E-state index in [2.05, 4.69) is 6.42 Å². The second-order valence-electron chi connectivity index (χ2n) is 1.76. The number of hydrogen-bond acceptors (Lipinski definition) is 2. The summed E-state index contributed by atoms with van der Waals surface area (Å²) in [4.78, 5) is 0. The molecule has 2 N–H and O–H groups in total. The minimum absolute atomic E-state index is 0.189. The van der Waals surface area contributed by atoms with Crippen LogP contribution in [0.4, 0.5) is 0 Å². The van der Waals surface area contributed by atoms with Crippen molar-refractivity contribution in [2.75, 3.05) is 13.2 Å². The van der Waals surface area contributed by atoms with Gasteiger partial charge >= 0.3 is 0 Å². The molecule has 1 heterocycles. The normalized spacial score (nSPS) is 33.0. The molecular formula is C5H10NO. The first kappa shape index (κ1) is 5.06. The fourth-order valence-corrected chi connectivity index (χ4v) is 0.653. The largest absolute Gasteiger partial charge is 0.380 e. The molecule has 1 rings (SSSR count). The molecule has 0 spiro atoms. The fourth-order valence-electron chi connectivity index (χ4n) is 0.653. The van der Waals surface area contributed by atoms with Gasteiger partial charge in [0.25, 0.3) is 0 Å². The van der Waals surface area contributed by atoms with E-state index in [1.807, 2.05) is 0 Å². The minimum Gasteiger partial charge on any atom is -0.380 e. The zero-order valence-electron chi connectivity index (χ0n) is 4.26. The second kappa shape index (κ2) is 2.28. The standard InChI is InChI=1S/C5H10NO/c6-5-2-1-3-7-4-5/h2,5H,1,3-4,6H2. The van der Waals surface area contributed by atoms with E-state index in [1.54, 1.807) is 0 Å². The zero-order valence-corrected chi connectivity index (χ0v) is 4.26. The Morgan fingerprint density at radius 2 is 2.57 bits per heavy atom. The van der Waals surface area contributed by atoms with Gasteiger partial charge in [-0.25, -0.2) is 0 Å². The van der Waals surface area contributed by atoms with E-state index >= 15 is 0 Å². The molecule has 1 fully saturated rings. The summed E-state index contributed by atoms with van der Waals surface area (Å²) in [5.74, 6) is 0. The van der Waals surface area contributed by atoms with Crippen LogP contribution in [0.1, 0.15) is 6.42 Å². The van der Waals surface area contributed by atoms with Gasteiger partial charge in [-0.1, -0.05) is 0 Å². The highest BCUT2D eigenvalue weighted by atomic mass is 16.5. The third-order valence-corrected chi connectivity index (χ3v) is 1.04. The Morgan fingerprint density at radius 1 is 1.71 bits per heavy atom. The van der Waals surface area contributed by atoms with Gasteiger partial charge < -0.3 is 10.5 Å². The highest BCUT2D eigenvalue weighted by Gasteiger charge is 2.06. The molecule has 0 aromatic carbocycles. The molecule has 2 nitrogen and oxygen atoms in total.